The maximum atomic E-state index is 13.0. The molecule has 33 heteroatoms. The number of aromatic hydroxyl groups is 1. The van der Waals surface area contributed by atoms with E-state index in [2.05, 4.69) is 43.4 Å². The van der Waals surface area contributed by atoms with Crippen LogP contribution in [0.25, 0.3) is 10.8 Å². The number of phenols is 1. The normalized spacial score (nSPS) is 12.8. The standard InChI is InChI=1S/C28H27N5O22S6/c1-49-20-5-3-16(58(39,40)8-6-50-57-55-53-38)13-19(20)31-32-25-21(56-54-52-37)10-14-11-22(60(43,44)45)26(24(29)23(14)27(25)34)33-30-18-12-15(2-4-17(18)28(35)36)59(41,42)9-7-51-61(46,47)48/h2-5,10-13,34,37-38H,6-9,29H2,1H3,(H,35,36)(H,43,44,45)(H,46,47,48). The minimum Gasteiger partial charge on any atom is -0.505 e. The second-order valence-corrected chi connectivity index (χ2v) is 19.1. The molecule has 4 aromatic rings. The van der Waals surface area contributed by atoms with Gasteiger partial charge in [0.1, 0.15) is 33.4 Å². The number of nitrogen functional groups attached to an aromatic ring is 1. The van der Waals surface area contributed by atoms with Crippen LogP contribution in [0.5, 0.6) is 11.5 Å². The van der Waals surface area contributed by atoms with Crippen LogP contribution in [0.1, 0.15) is 10.4 Å². The third-order valence-electron chi connectivity index (χ3n) is 7.46. The van der Waals surface area contributed by atoms with E-state index >= 15 is 0 Å². The highest BCUT2D eigenvalue weighted by molar-refractivity contribution is 7.94. The van der Waals surface area contributed by atoms with Gasteiger partial charge in [0.15, 0.2) is 37.7 Å². The summed E-state index contributed by atoms with van der Waals surface area (Å²) in [4.78, 5) is 9.64. The number of rotatable bonds is 22. The Labute approximate surface area is 351 Å². The predicted octanol–water partition coefficient (Wildman–Crippen LogP) is 4.71. The average molecular weight is 978 g/mol. The number of aromatic carboxylic acids is 1. The minimum absolute atomic E-state index is 0.0449. The fraction of sp³-hybridized carbons (Fsp3) is 0.179. The molecule has 4 aromatic carbocycles. The molecule has 0 aliphatic heterocycles. The van der Waals surface area contributed by atoms with E-state index in [0.717, 1.165) is 36.4 Å². The first-order chi connectivity index (χ1) is 28.5. The number of ether oxygens (including phenoxy) is 1. The van der Waals surface area contributed by atoms with Crippen molar-refractivity contribution in [2.24, 2.45) is 20.5 Å². The highest BCUT2D eigenvalue weighted by Gasteiger charge is 2.27. The summed E-state index contributed by atoms with van der Waals surface area (Å²) in [6.07, 6.45) is 0. The lowest BCUT2D eigenvalue weighted by molar-refractivity contribution is -0.434. The lowest BCUT2D eigenvalue weighted by atomic mass is 10.1. The first-order valence-corrected chi connectivity index (χ1v) is 23.0. The van der Waals surface area contributed by atoms with E-state index in [1.165, 1.54) is 13.2 Å². The van der Waals surface area contributed by atoms with Gasteiger partial charge in [0.05, 0.1) is 75.2 Å². The number of methoxy groups -OCH3 is 1. The Morgan fingerprint density at radius 1 is 0.770 bits per heavy atom. The van der Waals surface area contributed by atoms with Gasteiger partial charge in [-0.15, -0.1) is 29.1 Å². The summed E-state index contributed by atoms with van der Waals surface area (Å²) in [6, 6.07) is 7.40. The molecule has 8 N–H and O–H groups in total. The molecule has 0 unspecified atom stereocenters. The van der Waals surface area contributed by atoms with E-state index in [-0.39, 0.29) is 51.0 Å². The molecule has 61 heavy (non-hydrogen) atoms. The summed E-state index contributed by atoms with van der Waals surface area (Å²) in [6.45, 7) is -1.49. The van der Waals surface area contributed by atoms with Crippen LogP contribution in [0.3, 0.4) is 0 Å². The molecule has 0 bridgehead atoms. The van der Waals surface area contributed by atoms with Crippen molar-refractivity contribution in [2.45, 2.75) is 19.6 Å². The van der Waals surface area contributed by atoms with Crippen molar-refractivity contribution in [3.05, 3.63) is 54.1 Å². The quantitative estimate of drug-likeness (QED) is 0.0107. The molecule has 332 valence electrons. The molecular weight excluding hydrogens is 951 g/mol. The van der Waals surface area contributed by atoms with Crippen LogP contribution in [0.2, 0.25) is 0 Å². The van der Waals surface area contributed by atoms with Gasteiger partial charge in [-0.3, -0.25) is 13.3 Å². The van der Waals surface area contributed by atoms with Gasteiger partial charge in [-0.2, -0.15) is 16.8 Å². The number of fused-ring (bicyclic) bond motifs is 1. The van der Waals surface area contributed by atoms with E-state index in [9.17, 15) is 53.2 Å². The second kappa shape index (κ2) is 20.5. The molecule has 0 aromatic heterocycles. The fourth-order valence-electron chi connectivity index (χ4n) is 4.84. The second-order valence-electron chi connectivity index (χ2n) is 11.1. The molecule has 0 aliphatic rings. The van der Waals surface area contributed by atoms with Crippen molar-refractivity contribution in [1.82, 2.24) is 0 Å². The third-order valence-corrected chi connectivity index (χ3v) is 13.1. The minimum atomic E-state index is -5.31. The number of carboxylic acids is 1. The fourth-order valence-corrected chi connectivity index (χ4v) is 8.93. The molecule has 0 radical (unpaired) electrons. The van der Waals surface area contributed by atoms with Crippen LogP contribution in [-0.2, 0) is 67.3 Å². The van der Waals surface area contributed by atoms with Crippen LogP contribution in [0.15, 0.2) is 88.6 Å². The van der Waals surface area contributed by atoms with E-state index in [1.807, 2.05) is 0 Å². The molecule has 0 saturated carbocycles. The summed E-state index contributed by atoms with van der Waals surface area (Å²) in [5, 5.41) is 59.7. The number of benzene rings is 4. The Kier molecular flexibility index (Phi) is 16.4. The Balaban J connectivity index is 1.89. The number of carboxylic acid groups (broad SMARTS) is 1. The zero-order chi connectivity index (χ0) is 45.3. The molecule has 0 spiro atoms. The van der Waals surface area contributed by atoms with Crippen molar-refractivity contribution in [3.8, 4) is 11.5 Å². The van der Waals surface area contributed by atoms with E-state index in [4.69, 9.17) is 29.7 Å². The van der Waals surface area contributed by atoms with Gasteiger partial charge in [0, 0.05) is 0 Å². The van der Waals surface area contributed by atoms with Gasteiger partial charge in [-0.25, -0.2) is 36.3 Å². The average Bonchev–Trinajstić information content (AvgIpc) is 3.17. The summed E-state index contributed by atoms with van der Waals surface area (Å²) in [5.41, 5.74) is 2.31. The Morgan fingerprint density at radius 2 is 1.36 bits per heavy atom. The number of hydrogen-bond donors (Lipinski definition) is 7. The number of nitrogens with two attached hydrogens (primary N) is 1. The van der Waals surface area contributed by atoms with Gasteiger partial charge in [-0.05, 0) is 53.9 Å². The number of sulfone groups is 2. The first-order valence-electron chi connectivity index (χ1n) is 15.5. The Bertz CT molecular complexity index is 2820. The number of hydrogen-bond acceptors (Lipinski definition) is 26. The number of carbonyl (C=O) groups is 1. The number of phenolic OH excluding ortho intramolecular Hbond substituents is 1. The van der Waals surface area contributed by atoms with Gasteiger partial charge < -0.3 is 20.7 Å². The molecule has 0 heterocycles. The molecule has 0 saturated heterocycles. The molecular formula is C28H27N5O22S6. The van der Waals surface area contributed by atoms with Crippen LogP contribution in [-0.4, -0.2) is 101 Å². The lowest BCUT2D eigenvalue weighted by Crippen LogP contribution is -2.15. The smallest absolute Gasteiger partial charge is 0.397 e. The van der Waals surface area contributed by atoms with E-state index in [0.29, 0.717) is 6.07 Å². The van der Waals surface area contributed by atoms with E-state index in [1.54, 1.807) is 0 Å². The molecule has 0 atom stereocenters. The van der Waals surface area contributed by atoms with Crippen LogP contribution < -0.4 is 10.5 Å². The molecule has 4 rings (SSSR count). The maximum absolute atomic E-state index is 13.0. The monoisotopic (exact) mass is 977 g/mol. The van der Waals surface area contributed by atoms with Crippen LogP contribution in [0.4, 0.5) is 28.4 Å². The highest BCUT2D eigenvalue weighted by atomic mass is 32.3. The Morgan fingerprint density at radius 3 is 1.95 bits per heavy atom. The summed E-state index contributed by atoms with van der Waals surface area (Å²) in [5.74, 6) is -4.31. The van der Waals surface area contributed by atoms with Crippen molar-refractivity contribution >= 4 is 110 Å². The molecule has 0 amide bonds. The largest absolute Gasteiger partial charge is 0.505 e. The van der Waals surface area contributed by atoms with Gasteiger partial charge in [-0.1, -0.05) is 10.1 Å². The van der Waals surface area contributed by atoms with Crippen molar-refractivity contribution in [2.75, 3.05) is 37.6 Å². The number of nitrogens with zero attached hydrogens (tertiary/aromatic N) is 4. The van der Waals surface area contributed by atoms with Crippen molar-refractivity contribution in [1.29, 1.82) is 0 Å². The molecule has 0 aliphatic carbocycles. The maximum Gasteiger partial charge on any atom is 0.397 e. The zero-order valence-electron chi connectivity index (χ0n) is 30.0. The third kappa shape index (κ3) is 12.7. The molecule has 0 fully saturated rings. The van der Waals surface area contributed by atoms with E-state index < -0.39 is 120 Å². The first kappa shape index (κ1) is 49.0. The predicted molar refractivity (Wildman–Crippen MR) is 205 cm³/mol. The summed E-state index contributed by atoms with van der Waals surface area (Å²) >= 11 is 0.320. The summed E-state index contributed by atoms with van der Waals surface area (Å²) < 4.78 is 140. The van der Waals surface area contributed by atoms with Gasteiger partial charge in [0.2, 0.25) is 0 Å². The number of anilines is 1. The van der Waals surface area contributed by atoms with Gasteiger partial charge in [0.25, 0.3) is 10.1 Å². The highest BCUT2D eigenvalue weighted by Crippen LogP contribution is 2.50. The number of azo groups is 2. The Hall–Kier alpha value is -4.69. The van der Waals surface area contributed by atoms with Crippen molar-refractivity contribution < 1.29 is 100 Å². The SMILES string of the molecule is COc1ccc(S(=O)(=O)CCOSOOO)cc1N=Nc1c(SOOO)cc2cc(S(=O)(=O)O)c(N=Nc3cc(S(=O)(=O)CCOS(=O)(=O)O)ccc3C(=O)O)c(N)c2c1O. The van der Waals surface area contributed by atoms with Crippen molar-refractivity contribution in [3.63, 3.8) is 0 Å². The molecule has 27 nitrogen and oxygen atoms in total. The lowest BCUT2D eigenvalue weighted by Gasteiger charge is -2.14. The topological polar surface area (TPSA) is 415 Å². The van der Waals surface area contributed by atoms with Gasteiger partial charge >= 0.3 is 16.4 Å². The summed E-state index contributed by atoms with van der Waals surface area (Å²) in [7, 11) is -17.7. The van der Waals surface area contributed by atoms with Crippen LogP contribution in [0, 0.1) is 0 Å². The van der Waals surface area contributed by atoms with Crippen LogP contribution >= 0.6 is 24.4 Å². The zero-order valence-corrected chi connectivity index (χ0v) is 34.9.